The maximum absolute atomic E-state index is 2.76. The zero-order valence-electron chi connectivity index (χ0n) is 15.9. The van der Waals surface area contributed by atoms with E-state index in [0.29, 0.717) is 6.04 Å². The van der Waals surface area contributed by atoms with Crippen molar-refractivity contribution in [2.75, 3.05) is 6.54 Å². The van der Waals surface area contributed by atoms with Crippen LogP contribution in [0.2, 0.25) is 0 Å². The molecule has 2 bridgehead atoms. The van der Waals surface area contributed by atoms with E-state index < -0.39 is 0 Å². The lowest BCUT2D eigenvalue weighted by molar-refractivity contribution is 0.0938. The standard InChI is InChI=1S/C26H27N/c1-2-8-22(9-3-1)23-12-6-7-20(15-23)18-27-19-21-13-14-26(27)17-25-11-5-4-10-24(25)16-21/h1-12,15,21,26H,13-14,16-19H2/t21-,26+/m1/s1. The van der Waals surface area contributed by atoms with Gasteiger partial charge in [0.25, 0.3) is 0 Å². The lowest BCUT2D eigenvalue weighted by atomic mass is 9.80. The van der Waals surface area contributed by atoms with Crippen molar-refractivity contribution < 1.29 is 0 Å². The van der Waals surface area contributed by atoms with Gasteiger partial charge < -0.3 is 0 Å². The van der Waals surface area contributed by atoms with Crippen LogP contribution in [-0.4, -0.2) is 17.5 Å². The first-order valence-electron chi connectivity index (χ1n) is 10.3. The fourth-order valence-corrected chi connectivity index (χ4v) is 5.01. The Morgan fingerprint density at radius 3 is 2.30 bits per heavy atom. The number of rotatable bonds is 3. The highest BCUT2D eigenvalue weighted by Gasteiger charge is 2.31. The quantitative estimate of drug-likeness (QED) is 0.581. The molecule has 27 heavy (non-hydrogen) atoms. The molecular weight excluding hydrogens is 326 g/mol. The summed E-state index contributed by atoms with van der Waals surface area (Å²) >= 11 is 0. The Morgan fingerprint density at radius 2 is 1.44 bits per heavy atom. The van der Waals surface area contributed by atoms with Crippen molar-refractivity contribution in [1.29, 1.82) is 0 Å². The van der Waals surface area contributed by atoms with Crippen molar-refractivity contribution in [2.45, 2.75) is 38.3 Å². The predicted octanol–water partition coefficient (Wildman–Crippen LogP) is 5.73. The van der Waals surface area contributed by atoms with E-state index in [1.54, 1.807) is 11.1 Å². The van der Waals surface area contributed by atoms with Crippen LogP contribution in [0.3, 0.4) is 0 Å². The summed E-state index contributed by atoms with van der Waals surface area (Å²) in [5.41, 5.74) is 7.25. The number of fused-ring (bicyclic) bond motifs is 2. The monoisotopic (exact) mass is 353 g/mol. The van der Waals surface area contributed by atoms with Crippen LogP contribution in [0.15, 0.2) is 78.9 Å². The van der Waals surface area contributed by atoms with Gasteiger partial charge in [-0.3, -0.25) is 4.90 Å². The van der Waals surface area contributed by atoms with Crippen molar-refractivity contribution in [1.82, 2.24) is 4.90 Å². The molecule has 1 fully saturated rings. The molecule has 0 spiro atoms. The average molecular weight is 354 g/mol. The van der Waals surface area contributed by atoms with Gasteiger partial charge in [-0.25, -0.2) is 0 Å². The molecule has 6 rings (SSSR count). The SMILES string of the molecule is c1ccc(-c2cccc(CN3C[C@@H]4CC[C@H]3Cc3ccccc3C4)c2)cc1. The first-order valence-corrected chi connectivity index (χ1v) is 10.3. The Bertz CT molecular complexity index is 914. The van der Waals surface area contributed by atoms with E-state index >= 15 is 0 Å². The van der Waals surface area contributed by atoms with E-state index in [1.807, 2.05) is 0 Å². The summed E-state index contributed by atoms with van der Waals surface area (Å²) in [5, 5.41) is 0. The predicted molar refractivity (Wildman–Crippen MR) is 113 cm³/mol. The van der Waals surface area contributed by atoms with Crippen LogP contribution in [0.4, 0.5) is 0 Å². The second-order valence-corrected chi connectivity index (χ2v) is 8.27. The van der Waals surface area contributed by atoms with Crippen molar-refractivity contribution in [3.8, 4) is 11.1 Å². The summed E-state index contributed by atoms with van der Waals surface area (Å²) in [7, 11) is 0. The van der Waals surface area contributed by atoms with Crippen LogP contribution in [0.5, 0.6) is 0 Å². The van der Waals surface area contributed by atoms with Gasteiger partial charge in [-0.05, 0) is 65.5 Å². The molecule has 1 saturated heterocycles. The van der Waals surface area contributed by atoms with Gasteiger partial charge in [0.15, 0.2) is 0 Å². The molecule has 0 radical (unpaired) electrons. The number of hydrogen-bond donors (Lipinski definition) is 0. The Morgan fingerprint density at radius 1 is 0.704 bits per heavy atom. The smallest absolute Gasteiger partial charge is 0.0237 e. The van der Waals surface area contributed by atoms with Gasteiger partial charge in [0, 0.05) is 19.1 Å². The minimum atomic E-state index is 0.683. The maximum Gasteiger partial charge on any atom is 0.0237 e. The molecule has 0 saturated carbocycles. The molecule has 1 heteroatoms. The molecule has 0 unspecified atom stereocenters. The molecule has 1 aliphatic carbocycles. The summed E-state index contributed by atoms with van der Waals surface area (Å²) in [6, 6.07) is 29.7. The van der Waals surface area contributed by atoms with Crippen LogP contribution in [0, 0.1) is 5.92 Å². The molecule has 2 heterocycles. The highest BCUT2D eigenvalue weighted by Crippen LogP contribution is 2.33. The lowest BCUT2D eigenvalue weighted by Gasteiger charge is -2.42. The summed E-state index contributed by atoms with van der Waals surface area (Å²) in [4.78, 5) is 2.76. The second-order valence-electron chi connectivity index (χ2n) is 8.27. The molecule has 2 atom stereocenters. The van der Waals surface area contributed by atoms with Crippen molar-refractivity contribution in [3.05, 3.63) is 95.6 Å². The van der Waals surface area contributed by atoms with Gasteiger partial charge in [0.1, 0.15) is 0 Å². The zero-order valence-corrected chi connectivity index (χ0v) is 15.9. The molecule has 3 aromatic carbocycles. The lowest BCUT2D eigenvalue weighted by Crippen LogP contribution is -2.46. The molecule has 3 aromatic rings. The minimum absolute atomic E-state index is 0.683. The third-order valence-electron chi connectivity index (χ3n) is 6.42. The molecule has 2 aliphatic heterocycles. The Kier molecular flexibility index (Phi) is 4.55. The number of nitrogens with zero attached hydrogens (tertiary/aromatic N) is 1. The fraction of sp³-hybridized carbons (Fsp3) is 0.308. The van der Waals surface area contributed by atoms with Gasteiger partial charge >= 0.3 is 0 Å². The number of piperidine rings is 1. The van der Waals surface area contributed by atoms with E-state index in [2.05, 4.69) is 83.8 Å². The van der Waals surface area contributed by atoms with Crippen molar-refractivity contribution >= 4 is 0 Å². The first kappa shape index (κ1) is 16.8. The molecular formula is C26H27N. The number of benzene rings is 3. The van der Waals surface area contributed by atoms with Gasteiger partial charge in [-0.2, -0.15) is 0 Å². The maximum atomic E-state index is 2.76. The van der Waals surface area contributed by atoms with Crippen LogP contribution in [0.25, 0.3) is 11.1 Å². The van der Waals surface area contributed by atoms with Crippen molar-refractivity contribution in [2.24, 2.45) is 5.92 Å². The molecule has 0 amide bonds. The van der Waals surface area contributed by atoms with Crippen LogP contribution >= 0.6 is 0 Å². The molecule has 3 aliphatic rings. The molecule has 136 valence electrons. The highest BCUT2D eigenvalue weighted by molar-refractivity contribution is 5.63. The van der Waals surface area contributed by atoms with Gasteiger partial charge in [-0.15, -0.1) is 0 Å². The Balaban J connectivity index is 1.39. The normalized spacial score (nSPS) is 22.1. The van der Waals surface area contributed by atoms with E-state index in [0.717, 1.165) is 12.5 Å². The largest absolute Gasteiger partial charge is 0.296 e. The van der Waals surface area contributed by atoms with E-state index in [1.165, 1.54) is 48.9 Å². The summed E-state index contributed by atoms with van der Waals surface area (Å²) in [6.45, 7) is 2.32. The topological polar surface area (TPSA) is 3.24 Å². The summed E-state index contributed by atoms with van der Waals surface area (Å²) in [6.07, 6.45) is 5.20. The van der Waals surface area contributed by atoms with E-state index in [9.17, 15) is 0 Å². The van der Waals surface area contributed by atoms with Crippen LogP contribution < -0.4 is 0 Å². The molecule has 0 N–H and O–H groups in total. The number of hydrogen-bond acceptors (Lipinski definition) is 1. The van der Waals surface area contributed by atoms with Gasteiger partial charge in [0.05, 0.1) is 0 Å². The Labute approximate surface area is 162 Å². The average Bonchev–Trinajstić information content (AvgIpc) is 2.70. The van der Waals surface area contributed by atoms with E-state index in [-0.39, 0.29) is 0 Å². The Hall–Kier alpha value is -2.38. The van der Waals surface area contributed by atoms with E-state index in [4.69, 9.17) is 0 Å². The molecule has 1 nitrogen and oxygen atoms in total. The minimum Gasteiger partial charge on any atom is -0.296 e. The van der Waals surface area contributed by atoms with Crippen LogP contribution in [0.1, 0.15) is 29.5 Å². The van der Waals surface area contributed by atoms with Crippen molar-refractivity contribution in [3.63, 3.8) is 0 Å². The summed E-state index contributed by atoms with van der Waals surface area (Å²) < 4.78 is 0. The second kappa shape index (κ2) is 7.32. The summed E-state index contributed by atoms with van der Waals surface area (Å²) in [5.74, 6) is 0.806. The fourth-order valence-electron chi connectivity index (χ4n) is 5.01. The van der Waals surface area contributed by atoms with Crippen LogP contribution in [-0.2, 0) is 19.4 Å². The third kappa shape index (κ3) is 3.57. The zero-order chi connectivity index (χ0) is 18.1. The highest BCUT2D eigenvalue weighted by atomic mass is 15.2. The molecule has 0 aromatic heterocycles. The first-order chi connectivity index (χ1) is 13.3. The van der Waals surface area contributed by atoms with Gasteiger partial charge in [0.2, 0.25) is 0 Å². The third-order valence-corrected chi connectivity index (χ3v) is 6.42. The van der Waals surface area contributed by atoms with Gasteiger partial charge in [-0.1, -0.05) is 72.8 Å².